The van der Waals surface area contributed by atoms with Gasteiger partial charge in [-0.05, 0) is 25.1 Å². The summed E-state index contributed by atoms with van der Waals surface area (Å²) >= 11 is 0. The van der Waals surface area contributed by atoms with Crippen LogP contribution in [-0.2, 0) is 0 Å². The van der Waals surface area contributed by atoms with Crippen LogP contribution in [0.2, 0.25) is 0 Å². The number of hydrogen-bond acceptors (Lipinski definition) is 5. The number of nitrogens with two attached hydrogens (primary N) is 1. The standard InChI is InChI=1S/C15H24N4O2/c1-2-17-15(21)13-4-3-12(16)11-14(13)19-7-5-18(6-8-19)9-10-20/h3-4,11,20H,2,5-10,16H2,1H3,(H,17,21). The normalized spacial score (nSPS) is 16.0. The van der Waals surface area contributed by atoms with Crippen LogP contribution in [0.3, 0.4) is 0 Å². The average Bonchev–Trinajstić information content (AvgIpc) is 2.48. The summed E-state index contributed by atoms with van der Waals surface area (Å²) in [6.07, 6.45) is 0. The number of piperazine rings is 1. The molecule has 0 aliphatic carbocycles. The van der Waals surface area contributed by atoms with Crippen molar-refractivity contribution in [2.24, 2.45) is 0 Å². The second-order valence-corrected chi connectivity index (χ2v) is 5.19. The van der Waals surface area contributed by atoms with Gasteiger partial charge in [0.05, 0.1) is 17.9 Å². The number of nitrogens with zero attached hydrogens (tertiary/aromatic N) is 2. The average molecular weight is 292 g/mol. The minimum Gasteiger partial charge on any atom is -0.399 e. The largest absolute Gasteiger partial charge is 0.399 e. The maximum absolute atomic E-state index is 12.2. The van der Waals surface area contributed by atoms with Gasteiger partial charge in [0.25, 0.3) is 5.91 Å². The van der Waals surface area contributed by atoms with Crippen molar-refractivity contribution in [2.75, 3.05) is 56.5 Å². The Morgan fingerprint density at radius 2 is 2.05 bits per heavy atom. The number of amides is 1. The number of β-amino-alcohol motifs (C(OH)–C–C–N with tert-alkyl or cyclic N) is 1. The van der Waals surface area contributed by atoms with Gasteiger partial charge < -0.3 is 21.1 Å². The Morgan fingerprint density at radius 1 is 1.33 bits per heavy atom. The van der Waals surface area contributed by atoms with Crippen molar-refractivity contribution in [3.63, 3.8) is 0 Å². The van der Waals surface area contributed by atoms with Crippen LogP contribution < -0.4 is 16.0 Å². The molecule has 0 unspecified atom stereocenters. The molecule has 21 heavy (non-hydrogen) atoms. The molecule has 1 saturated heterocycles. The first-order chi connectivity index (χ1) is 10.2. The van der Waals surface area contributed by atoms with Gasteiger partial charge in [0.15, 0.2) is 0 Å². The molecule has 1 aromatic rings. The molecule has 1 aromatic carbocycles. The number of aliphatic hydroxyl groups excluding tert-OH is 1. The van der Waals surface area contributed by atoms with Gasteiger partial charge in [0.1, 0.15) is 0 Å². The zero-order valence-electron chi connectivity index (χ0n) is 12.5. The van der Waals surface area contributed by atoms with Crippen LogP contribution >= 0.6 is 0 Å². The topological polar surface area (TPSA) is 81.8 Å². The van der Waals surface area contributed by atoms with Gasteiger partial charge in [-0.3, -0.25) is 9.69 Å². The SMILES string of the molecule is CCNC(=O)c1ccc(N)cc1N1CCN(CCO)CC1. The highest BCUT2D eigenvalue weighted by Gasteiger charge is 2.21. The highest BCUT2D eigenvalue weighted by atomic mass is 16.3. The molecule has 1 fully saturated rings. The van der Waals surface area contributed by atoms with E-state index in [1.54, 1.807) is 12.1 Å². The molecule has 0 radical (unpaired) electrons. The number of carbonyl (C=O) groups is 1. The fourth-order valence-electron chi connectivity index (χ4n) is 2.61. The second kappa shape index (κ2) is 7.28. The van der Waals surface area contributed by atoms with Crippen LogP contribution in [0, 0.1) is 0 Å². The molecule has 0 atom stereocenters. The molecule has 0 spiro atoms. The summed E-state index contributed by atoms with van der Waals surface area (Å²) in [6, 6.07) is 5.41. The predicted molar refractivity (Wildman–Crippen MR) is 84.6 cm³/mol. The molecule has 6 nitrogen and oxygen atoms in total. The van der Waals surface area contributed by atoms with Crippen molar-refractivity contribution in [3.8, 4) is 0 Å². The number of nitrogens with one attached hydrogen (secondary N) is 1. The summed E-state index contributed by atoms with van der Waals surface area (Å²) in [7, 11) is 0. The molecule has 1 aliphatic heterocycles. The maximum Gasteiger partial charge on any atom is 0.253 e. The Bertz CT molecular complexity index is 485. The lowest BCUT2D eigenvalue weighted by molar-refractivity contribution is 0.0956. The molecule has 1 amide bonds. The molecule has 0 bridgehead atoms. The fraction of sp³-hybridized carbons (Fsp3) is 0.533. The monoisotopic (exact) mass is 292 g/mol. The highest BCUT2D eigenvalue weighted by molar-refractivity contribution is 6.00. The first-order valence-corrected chi connectivity index (χ1v) is 7.41. The van der Waals surface area contributed by atoms with Crippen molar-refractivity contribution < 1.29 is 9.90 Å². The highest BCUT2D eigenvalue weighted by Crippen LogP contribution is 2.25. The molecule has 1 heterocycles. The third kappa shape index (κ3) is 3.86. The minimum absolute atomic E-state index is 0.0645. The molecule has 6 heteroatoms. The van der Waals surface area contributed by atoms with Crippen molar-refractivity contribution in [1.82, 2.24) is 10.2 Å². The van der Waals surface area contributed by atoms with E-state index in [0.717, 1.165) is 31.9 Å². The zero-order valence-corrected chi connectivity index (χ0v) is 12.5. The van der Waals surface area contributed by atoms with Crippen molar-refractivity contribution in [3.05, 3.63) is 23.8 Å². The van der Waals surface area contributed by atoms with Crippen molar-refractivity contribution in [2.45, 2.75) is 6.92 Å². The van der Waals surface area contributed by atoms with Crippen molar-refractivity contribution >= 4 is 17.3 Å². The fourth-order valence-corrected chi connectivity index (χ4v) is 2.61. The van der Waals surface area contributed by atoms with Gasteiger partial charge in [0, 0.05) is 45.0 Å². The molecule has 116 valence electrons. The molecule has 0 aromatic heterocycles. The van der Waals surface area contributed by atoms with E-state index < -0.39 is 0 Å². The van der Waals surface area contributed by atoms with E-state index in [-0.39, 0.29) is 12.5 Å². The van der Waals surface area contributed by atoms with E-state index in [1.165, 1.54) is 0 Å². The van der Waals surface area contributed by atoms with Gasteiger partial charge in [0.2, 0.25) is 0 Å². The van der Waals surface area contributed by atoms with Crippen LogP contribution in [0.25, 0.3) is 0 Å². The summed E-state index contributed by atoms with van der Waals surface area (Å²) in [5.74, 6) is -0.0645. The lowest BCUT2D eigenvalue weighted by atomic mass is 10.1. The molecule has 2 rings (SSSR count). The predicted octanol–water partition coefficient (Wildman–Crippen LogP) is 0.133. The van der Waals surface area contributed by atoms with Crippen LogP contribution in [0.4, 0.5) is 11.4 Å². The first kappa shape index (κ1) is 15.6. The van der Waals surface area contributed by atoms with Crippen LogP contribution in [0.1, 0.15) is 17.3 Å². The zero-order chi connectivity index (χ0) is 15.2. The Balaban J connectivity index is 2.15. The summed E-state index contributed by atoms with van der Waals surface area (Å²) in [6.45, 7) is 6.81. The lowest BCUT2D eigenvalue weighted by Gasteiger charge is -2.36. The van der Waals surface area contributed by atoms with E-state index >= 15 is 0 Å². The molecular formula is C15H24N4O2. The maximum atomic E-state index is 12.2. The Hall–Kier alpha value is -1.79. The third-order valence-electron chi connectivity index (χ3n) is 3.73. The van der Waals surface area contributed by atoms with E-state index in [1.807, 2.05) is 13.0 Å². The minimum atomic E-state index is -0.0645. The van der Waals surface area contributed by atoms with Gasteiger partial charge in [-0.2, -0.15) is 0 Å². The Morgan fingerprint density at radius 3 is 2.67 bits per heavy atom. The number of aliphatic hydroxyl groups is 1. The van der Waals surface area contributed by atoms with Gasteiger partial charge in [-0.25, -0.2) is 0 Å². The summed E-state index contributed by atoms with van der Waals surface area (Å²) in [4.78, 5) is 16.6. The summed E-state index contributed by atoms with van der Waals surface area (Å²) < 4.78 is 0. The molecule has 4 N–H and O–H groups in total. The second-order valence-electron chi connectivity index (χ2n) is 5.19. The van der Waals surface area contributed by atoms with Gasteiger partial charge in [-0.15, -0.1) is 0 Å². The number of anilines is 2. The number of carbonyl (C=O) groups excluding carboxylic acids is 1. The number of nitrogen functional groups attached to an aromatic ring is 1. The van der Waals surface area contributed by atoms with E-state index in [9.17, 15) is 4.79 Å². The molecule has 0 saturated carbocycles. The molecular weight excluding hydrogens is 268 g/mol. The Labute approximate surface area is 125 Å². The van der Waals surface area contributed by atoms with E-state index in [0.29, 0.717) is 24.3 Å². The van der Waals surface area contributed by atoms with E-state index in [4.69, 9.17) is 10.8 Å². The number of rotatable bonds is 5. The van der Waals surface area contributed by atoms with Gasteiger partial charge in [-0.1, -0.05) is 0 Å². The van der Waals surface area contributed by atoms with Crippen LogP contribution in [0.5, 0.6) is 0 Å². The summed E-state index contributed by atoms with van der Waals surface area (Å²) in [5.41, 5.74) is 8.11. The number of hydrogen-bond donors (Lipinski definition) is 3. The summed E-state index contributed by atoms with van der Waals surface area (Å²) in [5, 5.41) is 11.8. The van der Waals surface area contributed by atoms with Crippen molar-refractivity contribution in [1.29, 1.82) is 0 Å². The molecule has 1 aliphatic rings. The number of benzene rings is 1. The van der Waals surface area contributed by atoms with Gasteiger partial charge >= 0.3 is 0 Å². The van der Waals surface area contributed by atoms with Crippen LogP contribution in [-0.4, -0.2) is 61.8 Å². The first-order valence-electron chi connectivity index (χ1n) is 7.41. The smallest absolute Gasteiger partial charge is 0.253 e. The third-order valence-corrected chi connectivity index (χ3v) is 3.73. The van der Waals surface area contributed by atoms with E-state index in [2.05, 4.69) is 15.1 Å². The quantitative estimate of drug-likeness (QED) is 0.672. The van der Waals surface area contributed by atoms with Crippen LogP contribution in [0.15, 0.2) is 18.2 Å². The Kier molecular flexibility index (Phi) is 5.41. The lowest BCUT2D eigenvalue weighted by Crippen LogP contribution is -2.47.